The summed E-state index contributed by atoms with van der Waals surface area (Å²) in [4.78, 5) is 12.8. The number of nitrogens with one attached hydrogen (secondary N) is 1. The summed E-state index contributed by atoms with van der Waals surface area (Å²) in [5, 5.41) is 10.4. The summed E-state index contributed by atoms with van der Waals surface area (Å²) >= 11 is 0. The zero-order chi connectivity index (χ0) is 24.1. The van der Waals surface area contributed by atoms with Gasteiger partial charge in [0.15, 0.2) is 0 Å². The van der Waals surface area contributed by atoms with Crippen molar-refractivity contribution in [1.29, 1.82) is 0 Å². The molecule has 0 radical (unpaired) electrons. The van der Waals surface area contributed by atoms with Crippen molar-refractivity contribution in [3.63, 3.8) is 0 Å². The van der Waals surface area contributed by atoms with Crippen LogP contribution in [0.25, 0.3) is 0 Å². The number of sulfonamides is 1. The lowest BCUT2D eigenvalue weighted by Gasteiger charge is -2.32. The maximum atomic E-state index is 13.2. The number of nitrogens with zero attached hydrogens (tertiary/aromatic N) is 3. The number of aryl methyl sites for hydroxylation is 1. The normalized spacial score (nSPS) is 14.9. The molecule has 180 valence electrons. The number of amides is 1. The van der Waals surface area contributed by atoms with Gasteiger partial charge < -0.3 is 4.42 Å². The van der Waals surface area contributed by atoms with Gasteiger partial charge in [-0.25, -0.2) is 8.42 Å². The summed E-state index contributed by atoms with van der Waals surface area (Å²) in [6.07, 6.45) is 5.51. The standard InChI is InChI=1S/C25H30N4O4S/c1-3-29(21-7-5-4-6-8-21)34(31,32)22-15-13-20(14-16-22)24(30)26-25-28-27-23(33-25)17-19-11-9-18(2)10-12-19/h9-16,21H,3-8,17H2,1-2H3,(H,26,28,30). The lowest BCUT2D eigenvalue weighted by molar-refractivity contribution is 0.102. The molecule has 4 rings (SSSR count). The topological polar surface area (TPSA) is 105 Å². The van der Waals surface area contributed by atoms with Crippen LogP contribution in [-0.2, 0) is 16.4 Å². The van der Waals surface area contributed by atoms with Crippen LogP contribution in [-0.4, -0.2) is 41.4 Å². The maximum absolute atomic E-state index is 13.2. The fourth-order valence-electron chi connectivity index (χ4n) is 4.33. The fraction of sp³-hybridized carbons (Fsp3) is 0.400. The Morgan fingerprint density at radius 2 is 1.71 bits per heavy atom. The molecule has 1 saturated carbocycles. The molecule has 1 aliphatic rings. The SMILES string of the molecule is CCN(C1CCCCC1)S(=O)(=O)c1ccc(C(=O)Nc2nnc(Cc3ccc(C)cc3)o2)cc1. The van der Waals surface area contributed by atoms with Crippen molar-refractivity contribution in [2.24, 2.45) is 0 Å². The first-order valence-corrected chi connectivity index (χ1v) is 13.1. The summed E-state index contributed by atoms with van der Waals surface area (Å²) in [5.41, 5.74) is 2.49. The van der Waals surface area contributed by atoms with Gasteiger partial charge in [0.2, 0.25) is 15.9 Å². The van der Waals surface area contributed by atoms with E-state index in [9.17, 15) is 13.2 Å². The summed E-state index contributed by atoms with van der Waals surface area (Å²) in [6.45, 7) is 4.31. The first kappa shape index (κ1) is 24.1. The molecule has 1 aromatic heterocycles. The van der Waals surface area contributed by atoms with Crippen LogP contribution in [0.2, 0.25) is 0 Å². The molecule has 8 nitrogen and oxygen atoms in total. The minimum atomic E-state index is -3.62. The zero-order valence-electron chi connectivity index (χ0n) is 19.5. The molecule has 1 amide bonds. The van der Waals surface area contributed by atoms with Gasteiger partial charge in [-0.3, -0.25) is 10.1 Å². The van der Waals surface area contributed by atoms with Crippen LogP contribution in [0.5, 0.6) is 0 Å². The molecule has 0 aliphatic heterocycles. The van der Waals surface area contributed by atoms with Gasteiger partial charge in [-0.1, -0.05) is 61.1 Å². The Hall–Kier alpha value is -3.04. The molecule has 0 unspecified atom stereocenters. The van der Waals surface area contributed by atoms with Crippen molar-refractivity contribution in [2.45, 2.75) is 63.3 Å². The molecular formula is C25H30N4O4S. The number of carbonyl (C=O) groups is 1. The molecule has 0 saturated heterocycles. The molecular weight excluding hydrogens is 452 g/mol. The predicted octanol–water partition coefficient (Wildman–Crippen LogP) is 4.56. The van der Waals surface area contributed by atoms with E-state index in [-0.39, 0.29) is 17.0 Å². The van der Waals surface area contributed by atoms with Gasteiger partial charge in [0.25, 0.3) is 5.91 Å². The maximum Gasteiger partial charge on any atom is 0.322 e. The van der Waals surface area contributed by atoms with Crippen LogP contribution >= 0.6 is 0 Å². The number of aromatic nitrogens is 2. The third-order valence-electron chi connectivity index (χ3n) is 6.18. The Kier molecular flexibility index (Phi) is 7.43. The van der Waals surface area contributed by atoms with Gasteiger partial charge in [0.05, 0.1) is 11.3 Å². The number of anilines is 1. The zero-order valence-corrected chi connectivity index (χ0v) is 20.3. The highest BCUT2D eigenvalue weighted by atomic mass is 32.2. The molecule has 1 heterocycles. The molecule has 9 heteroatoms. The molecule has 34 heavy (non-hydrogen) atoms. The van der Waals surface area contributed by atoms with Crippen molar-refractivity contribution in [3.05, 3.63) is 71.1 Å². The number of rotatable bonds is 8. The lowest BCUT2D eigenvalue weighted by atomic mass is 9.95. The Morgan fingerprint density at radius 1 is 1.03 bits per heavy atom. The van der Waals surface area contributed by atoms with E-state index in [1.807, 2.05) is 38.1 Å². The van der Waals surface area contributed by atoms with Crippen molar-refractivity contribution in [2.75, 3.05) is 11.9 Å². The minimum absolute atomic E-state index is 0.00161. The van der Waals surface area contributed by atoms with Gasteiger partial charge in [-0.2, -0.15) is 4.31 Å². The second-order valence-electron chi connectivity index (χ2n) is 8.64. The number of hydrogen-bond donors (Lipinski definition) is 1. The van der Waals surface area contributed by atoms with Crippen LogP contribution in [0.15, 0.2) is 57.8 Å². The van der Waals surface area contributed by atoms with E-state index in [4.69, 9.17) is 4.42 Å². The molecule has 0 spiro atoms. The molecule has 2 aromatic carbocycles. The van der Waals surface area contributed by atoms with E-state index in [0.29, 0.717) is 24.4 Å². The first-order chi connectivity index (χ1) is 16.4. The van der Waals surface area contributed by atoms with E-state index in [2.05, 4.69) is 15.5 Å². The second-order valence-corrected chi connectivity index (χ2v) is 10.5. The highest BCUT2D eigenvalue weighted by molar-refractivity contribution is 7.89. The lowest BCUT2D eigenvalue weighted by Crippen LogP contribution is -2.41. The fourth-order valence-corrected chi connectivity index (χ4v) is 6.03. The van der Waals surface area contributed by atoms with Crippen LogP contribution < -0.4 is 5.32 Å². The molecule has 0 atom stereocenters. The third kappa shape index (κ3) is 5.53. The quantitative estimate of drug-likeness (QED) is 0.504. The summed E-state index contributed by atoms with van der Waals surface area (Å²) in [6, 6.07) is 14.0. The largest absolute Gasteiger partial charge is 0.407 e. The van der Waals surface area contributed by atoms with Crippen LogP contribution in [0.1, 0.15) is 66.4 Å². The monoisotopic (exact) mass is 482 g/mol. The first-order valence-electron chi connectivity index (χ1n) is 11.7. The molecule has 1 N–H and O–H groups in total. The number of carbonyl (C=O) groups excluding carboxylic acids is 1. The Morgan fingerprint density at radius 3 is 2.35 bits per heavy atom. The highest BCUT2D eigenvalue weighted by Gasteiger charge is 2.31. The van der Waals surface area contributed by atoms with E-state index < -0.39 is 15.9 Å². The van der Waals surface area contributed by atoms with Crippen molar-refractivity contribution in [1.82, 2.24) is 14.5 Å². The smallest absolute Gasteiger partial charge is 0.322 e. The minimum Gasteiger partial charge on any atom is -0.407 e. The van der Waals surface area contributed by atoms with Gasteiger partial charge in [-0.05, 0) is 49.6 Å². The van der Waals surface area contributed by atoms with Crippen molar-refractivity contribution >= 4 is 21.9 Å². The molecule has 0 bridgehead atoms. The summed E-state index contributed by atoms with van der Waals surface area (Å²) < 4.78 is 33.5. The predicted molar refractivity (Wildman–Crippen MR) is 129 cm³/mol. The third-order valence-corrected chi connectivity index (χ3v) is 8.22. The van der Waals surface area contributed by atoms with Crippen LogP contribution in [0.4, 0.5) is 6.01 Å². The van der Waals surface area contributed by atoms with E-state index in [1.165, 1.54) is 24.3 Å². The number of benzene rings is 2. The summed E-state index contributed by atoms with van der Waals surface area (Å²) in [7, 11) is -3.62. The van der Waals surface area contributed by atoms with Crippen molar-refractivity contribution in [3.8, 4) is 0 Å². The highest BCUT2D eigenvalue weighted by Crippen LogP contribution is 2.28. The van der Waals surface area contributed by atoms with Gasteiger partial charge >= 0.3 is 6.01 Å². The molecule has 1 aliphatic carbocycles. The van der Waals surface area contributed by atoms with Gasteiger partial charge in [-0.15, -0.1) is 5.10 Å². The van der Waals surface area contributed by atoms with Crippen molar-refractivity contribution < 1.29 is 17.6 Å². The van der Waals surface area contributed by atoms with E-state index in [1.54, 1.807) is 4.31 Å². The van der Waals surface area contributed by atoms with Crippen LogP contribution in [0, 0.1) is 6.92 Å². The second kappa shape index (κ2) is 10.5. The van der Waals surface area contributed by atoms with Gasteiger partial charge in [0, 0.05) is 18.2 Å². The average Bonchev–Trinajstić information content (AvgIpc) is 3.28. The van der Waals surface area contributed by atoms with Crippen LogP contribution in [0.3, 0.4) is 0 Å². The number of hydrogen-bond acceptors (Lipinski definition) is 6. The van der Waals surface area contributed by atoms with Gasteiger partial charge in [0.1, 0.15) is 0 Å². The Bertz CT molecular complexity index is 1210. The van der Waals surface area contributed by atoms with E-state index in [0.717, 1.165) is 43.2 Å². The van der Waals surface area contributed by atoms with E-state index >= 15 is 0 Å². The Balaban J connectivity index is 1.41. The molecule has 1 fully saturated rings. The molecule has 3 aromatic rings. The summed E-state index contributed by atoms with van der Waals surface area (Å²) in [5.74, 6) is -0.0583. The Labute approximate surface area is 200 Å². The average molecular weight is 483 g/mol.